The standard InChI is InChI=1S/C9H6FNO/c10-9-2-1-7(5-11-9)8-3-4-12-6-8/h1-6H. The Morgan fingerprint density at radius 1 is 1.17 bits per heavy atom. The quantitative estimate of drug-likeness (QED) is 0.603. The first-order valence-electron chi connectivity index (χ1n) is 3.50. The summed E-state index contributed by atoms with van der Waals surface area (Å²) in [4.78, 5) is 3.53. The summed E-state index contributed by atoms with van der Waals surface area (Å²) < 4.78 is 17.3. The number of hydrogen-bond donors (Lipinski definition) is 0. The topological polar surface area (TPSA) is 26.0 Å². The number of aromatic nitrogens is 1. The van der Waals surface area contributed by atoms with Gasteiger partial charge in [-0.2, -0.15) is 4.39 Å². The monoisotopic (exact) mass is 163 g/mol. The third kappa shape index (κ3) is 1.21. The van der Waals surface area contributed by atoms with Crippen LogP contribution in [0.25, 0.3) is 11.1 Å². The fourth-order valence-electron chi connectivity index (χ4n) is 0.975. The molecule has 0 aliphatic heterocycles. The number of rotatable bonds is 1. The van der Waals surface area contributed by atoms with E-state index in [1.807, 2.05) is 0 Å². The van der Waals surface area contributed by atoms with E-state index in [1.54, 1.807) is 24.7 Å². The Balaban J connectivity index is 2.43. The van der Waals surface area contributed by atoms with Crippen molar-refractivity contribution in [1.29, 1.82) is 0 Å². The third-order valence-corrected chi connectivity index (χ3v) is 1.58. The first-order chi connectivity index (χ1) is 5.86. The van der Waals surface area contributed by atoms with E-state index in [9.17, 15) is 4.39 Å². The molecule has 2 aromatic heterocycles. The molecule has 0 spiro atoms. The zero-order valence-corrected chi connectivity index (χ0v) is 6.20. The van der Waals surface area contributed by atoms with Crippen molar-refractivity contribution >= 4 is 0 Å². The predicted molar refractivity (Wildman–Crippen MR) is 41.9 cm³/mol. The summed E-state index contributed by atoms with van der Waals surface area (Å²) in [6.45, 7) is 0. The Kier molecular flexibility index (Phi) is 1.63. The number of halogens is 1. The van der Waals surface area contributed by atoms with Gasteiger partial charge in [-0.15, -0.1) is 0 Å². The highest BCUT2D eigenvalue weighted by Crippen LogP contribution is 2.17. The van der Waals surface area contributed by atoms with Gasteiger partial charge < -0.3 is 4.42 Å². The van der Waals surface area contributed by atoms with Crippen LogP contribution in [0.1, 0.15) is 0 Å². The van der Waals surface area contributed by atoms with Gasteiger partial charge in [0.2, 0.25) is 5.95 Å². The molecule has 0 atom stereocenters. The number of nitrogens with zero attached hydrogens (tertiary/aromatic N) is 1. The van der Waals surface area contributed by atoms with Crippen LogP contribution < -0.4 is 0 Å². The SMILES string of the molecule is Fc1ccc(-c2ccoc2)cn1. The Morgan fingerprint density at radius 3 is 2.67 bits per heavy atom. The molecule has 2 rings (SSSR count). The Morgan fingerprint density at radius 2 is 2.08 bits per heavy atom. The van der Waals surface area contributed by atoms with Crippen LogP contribution in [0.2, 0.25) is 0 Å². The van der Waals surface area contributed by atoms with Gasteiger partial charge in [0, 0.05) is 17.3 Å². The number of hydrogen-bond acceptors (Lipinski definition) is 2. The number of pyridine rings is 1. The molecule has 0 fully saturated rings. The van der Waals surface area contributed by atoms with Gasteiger partial charge in [0.1, 0.15) is 0 Å². The van der Waals surface area contributed by atoms with Crippen molar-refractivity contribution in [2.45, 2.75) is 0 Å². The molecule has 0 saturated heterocycles. The van der Waals surface area contributed by atoms with E-state index in [0.29, 0.717) is 0 Å². The Hall–Kier alpha value is -1.64. The van der Waals surface area contributed by atoms with E-state index >= 15 is 0 Å². The molecule has 2 aromatic rings. The molecule has 2 heterocycles. The summed E-state index contributed by atoms with van der Waals surface area (Å²) >= 11 is 0. The fraction of sp³-hybridized carbons (Fsp3) is 0. The summed E-state index contributed by atoms with van der Waals surface area (Å²) in [6.07, 6.45) is 4.63. The largest absolute Gasteiger partial charge is 0.472 e. The molecule has 0 aliphatic carbocycles. The highest BCUT2D eigenvalue weighted by Gasteiger charge is 1.98. The Bertz CT molecular complexity index is 353. The molecule has 0 saturated carbocycles. The molecular weight excluding hydrogens is 157 g/mol. The van der Waals surface area contributed by atoms with Gasteiger partial charge in [-0.1, -0.05) is 0 Å². The maximum Gasteiger partial charge on any atom is 0.212 e. The molecule has 0 unspecified atom stereocenters. The molecule has 0 aliphatic rings. The molecule has 0 radical (unpaired) electrons. The van der Waals surface area contributed by atoms with Gasteiger partial charge in [-0.25, -0.2) is 4.98 Å². The lowest BCUT2D eigenvalue weighted by molar-refractivity contribution is 0.568. The van der Waals surface area contributed by atoms with E-state index in [2.05, 4.69) is 4.98 Å². The first-order valence-corrected chi connectivity index (χ1v) is 3.50. The molecule has 3 heteroatoms. The molecule has 0 aromatic carbocycles. The van der Waals surface area contributed by atoms with Crippen LogP contribution in [0.15, 0.2) is 41.3 Å². The lowest BCUT2D eigenvalue weighted by atomic mass is 10.2. The predicted octanol–water partition coefficient (Wildman–Crippen LogP) is 2.48. The van der Waals surface area contributed by atoms with Crippen molar-refractivity contribution in [3.8, 4) is 11.1 Å². The summed E-state index contributed by atoms with van der Waals surface area (Å²) in [5, 5.41) is 0. The Labute approximate surface area is 68.7 Å². The average Bonchev–Trinajstić information content (AvgIpc) is 2.58. The van der Waals surface area contributed by atoms with Gasteiger partial charge in [0.25, 0.3) is 0 Å². The summed E-state index contributed by atoms with van der Waals surface area (Å²) in [6, 6.07) is 4.78. The minimum atomic E-state index is -0.470. The lowest BCUT2D eigenvalue weighted by Gasteiger charge is -1.93. The molecule has 0 N–H and O–H groups in total. The van der Waals surface area contributed by atoms with E-state index in [4.69, 9.17) is 4.42 Å². The number of furan rings is 1. The molecule has 2 nitrogen and oxygen atoms in total. The van der Waals surface area contributed by atoms with Gasteiger partial charge in [-0.3, -0.25) is 0 Å². The van der Waals surface area contributed by atoms with Crippen LogP contribution in [0, 0.1) is 5.95 Å². The van der Waals surface area contributed by atoms with Crippen molar-refractivity contribution in [3.05, 3.63) is 42.9 Å². The highest BCUT2D eigenvalue weighted by molar-refractivity contribution is 5.60. The minimum Gasteiger partial charge on any atom is -0.472 e. The van der Waals surface area contributed by atoms with Crippen molar-refractivity contribution in [2.75, 3.05) is 0 Å². The normalized spacial score (nSPS) is 10.1. The van der Waals surface area contributed by atoms with Crippen LogP contribution in [0.4, 0.5) is 4.39 Å². The smallest absolute Gasteiger partial charge is 0.212 e. The summed E-state index contributed by atoms with van der Waals surface area (Å²) in [7, 11) is 0. The minimum absolute atomic E-state index is 0.470. The second kappa shape index (κ2) is 2.77. The molecule has 0 bridgehead atoms. The van der Waals surface area contributed by atoms with Gasteiger partial charge in [0.15, 0.2) is 0 Å². The maximum atomic E-state index is 12.4. The van der Waals surface area contributed by atoms with Crippen molar-refractivity contribution in [3.63, 3.8) is 0 Å². The van der Waals surface area contributed by atoms with Gasteiger partial charge in [0.05, 0.1) is 12.5 Å². The fourth-order valence-corrected chi connectivity index (χ4v) is 0.975. The van der Waals surface area contributed by atoms with Gasteiger partial charge in [-0.05, 0) is 18.2 Å². The maximum absolute atomic E-state index is 12.4. The first kappa shape index (κ1) is 7.03. The third-order valence-electron chi connectivity index (χ3n) is 1.58. The lowest BCUT2D eigenvalue weighted by Crippen LogP contribution is -1.81. The van der Waals surface area contributed by atoms with Gasteiger partial charge >= 0.3 is 0 Å². The van der Waals surface area contributed by atoms with Crippen LogP contribution in [0.3, 0.4) is 0 Å². The molecule has 60 valence electrons. The zero-order valence-electron chi connectivity index (χ0n) is 6.20. The molecular formula is C9H6FNO. The van der Waals surface area contributed by atoms with Crippen LogP contribution >= 0.6 is 0 Å². The molecule has 0 amide bonds. The highest BCUT2D eigenvalue weighted by atomic mass is 19.1. The summed E-state index contributed by atoms with van der Waals surface area (Å²) in [5.41, 5.74) is 1.76. The summed E-state index contributed by atoms with van der Waals surface area (Å²) in [5.74, 6) is -0.470. The van der Waals surface area contributed by atoms with Crippen LogP contribution in [0.5, 0.6) is 0 Å². The van der Waals surface area contributed by atoms with Crippen molar-refractivity contribution in [2.24, 2.45) is 0 Å². The van der Waals surface area contributed by atoms with E-state index in [1.165, 1.54) is 12.3 Å². The average molecular weight is 163 g/mol. The van der Waals surface area contributed by atoms with Crippen molar-refractivity contribution < 1.29 is 8.81 Å². The second-order valence-electron chi connectivity index (χ2n) is 2.38. The van der Waals surface area contributed by atoms with E-state index < -0.39 is 5.95 Å². The second-order valence-corrected chi connectivity index (χ2v) is 2.38. The van der Waals surface area contributed by atoms with Crippen LogP contribution in [-0.4, -0.2) is 4.98 Å². The van der Waals surface area contributed by atoms with Crippen molar-refractivity contribution in [1.82, 2.24) is 4.98 Å². The zero-order chi connectivity index (χ0) is 8.39. The van der Waals surface area contributed by atoms with E-state index in [0.717, 1.165) is 11.1 Å². The molecule has 12 heavy (non-hydrogen) atoms. The van der Waals surface area contributed by atoms with E-state index in [-0.39, 0.29) is 0 Å². The van der Waals surface area contributed by atoms with Crippen LogP contribution in [-0.2, 0) is 0 Å².